The lowest BCUT2D eigenvalue weighted by atomic mass is 9.50. The Morgan fingerprint density at radius 1 is 1.21 bits per heavy atom. The van der Waals surface area contributed by atoms with Crippen molar-refractivity contribution in [2.75, 3.05) is 6.61 Å². The van der Waals surface area contributed by atoms with Crippen LogP contribution in [-0.4, -0.2) is 62.6 Å². The number of aliphatic hydroxyl groups is 4. The van der Waals surface area contributed by atoms with Crippen molar-refractivity contribution >= 4 is 0 Å². The van der Waals surface area contributed by atoms with Gasteiger partial charge in [0, 0.05) is 10.3 Å². The van der Waals surface area contributed by atoms with Gasteiger partial charge in [-0.05, 0) is 67.4 Å². The van der Waals surface area contributed by atoms with Crippen LogP contribution in [0.4, 0.5) is 0 Å². The third-order valence-electron chi connectivity index (χ3n) is 9.09. The highest BCUT2D eigenvalue weighted by Gasteiger charge is 2.74. The summed E-state index contributed by atoms with van der Waals surface area (Å²) in [5, 5.41) is 46.3. The molecule has 2 spiro atoms. The molecule has 0 unspecified atom stereocenters. The number of ether oxygens (including phenoxy) is 1. The van der Waals surface area contributed by atoms with Gasteiger partial charge in [-0.15, -0.1) is 0 Å². The van der Waals surface area contributed by atoms with Crippen LogP contribution in [0.25, 0.3) is 10.4 Å². The average Bonchev–Trinajstić information content (AvgIpc) is 3.17. The molecule has 0 amide bonds. The summed E-state index contributed by atoms with van der Waals surface area (Å²) in [6.45, 7) is 2.05. The van der Waals surface area contributed by atoms with Crippen molar-refractivity contribution < 1.29 is 25.2 Å². The van der Waals surface area contributed by atoms with E-state index in [2.05, 4.69) is 16.9 Å². The van der Waals surface area contributed by atoms with Gasteiger partial charge in [0.15, 0.2) is 0 Å². The third-order valence-corrected chi connectivity index (χ3v) is 9.09. The summed E-state index contributed by atoms with van der Waals surface area (Å²) in [7, 11) is 0. The molecule has 154 valence electrons. The Kier molecular flexibility index (Phi) is 3.85. The molecule has 0 radical (unpaired) electrons. The van der Waals surface area contributed by atoms with Gasteiger partial charge in [-0.3, -0.25) is 0 Å². The molecule has 8 heteroatoms. The van der Waals surface area contributed by atoms with Gasteiger partial charge in [-0.2, -0.15) is 0 Å². The molecule has 4 fully saturated rings. The van der Waals surface area contributed by atoms with E-state index in [1.54, 1.807) is 0 Å². The first-order valence-electron chi connectivity index (χ1n) is 10.4. The van der Waals surface area contributed by atoms with Crippen LogP contribution in [0.3, 0.4) is 0 Å². The van der Waals surface area contributed by atoms with Crippen molar-refractivity contribution in [2.45, 2.75) is 87.4 Å². The summed E-state index contributed by atoms with van der Waals surface area (Å²) < 4.78 is 6.90. The van der Waals surface area contributed by atoms with Gasteiger partial charge in [-0.25, -0.2) is 0 Å². The molecule has 2 heterocycles. The van der Waals surface area contributed by atoms with E-state index in [0.717, 1.165) is 25.7 Å². The van der Waals surface area contributed by atoms with Crippen molar-refractivity contribution in [1.82, 2.24) is 0 Å². The van der Waals surface area contributed by atoms with Gasteiger partial charge in [0.1, 0.15) is 6.10 Å². The standard InChI is InChI=1S/C20H29N3O5/c1-17-4-5-18(10-24)8-11-15(26)16(27)12(22-23-21)9-19(11)6-7-20(18,28-19)13(17)2-3-14(17)25/h8,12-16,24-27H,2-7,9-10H2,1H3/t12-,13+,14-,15+,16+,17-,18-,19+,20-/m0/s1. The van der Waals surface area contributed by atoms with Crippen LogP contribution >= 0.6 is 0 Å². The summed E-state index contributed by atoms with van der Waals surface area (Å²) >= 11 is 0. The maximum absolute atomic E-state index is 10.9. The maximum Gasteiger partial charge on any atom is 0.104 e. The smallest absolute Gasteiger partial charge is 0.104 e. The Morgan fingerprint density at radius 3 is 2.71 bits per heavy atom. The number of aliphatic hydroxyl groups excluding tert-OH is 4. The van der Waals surface area contributed by atoms with Crippen LogP contribution in [0.15, 0.2) is 16.8 Å². The first kappa shape index (κ1) is 18.9. The van der Waals surface area contributed by atoms with Crippen LogP contribution in [0.1, 0.15) is 51.9 Å². The van der Waals surface area contributed by atoms with E-state index in [9.17, 15) is 20.4 Å². The van der Waals surface area contributed by atoms with Crippen molar-refractivity contribution in [3.63, 3.8) is 0 Å². The predicted molar refractivity (Wildman–Crippen MR) is 99.0 cm³/mol. The second kappa shape index (κ2) is 5.72. The number of hydrogen-bond donors (Lipinski definition) is 4. The lowest BCUT2D eigenvalue weighted by Gasteiger charge is -2.63. The van der Waals surface area contributed by atoms with Crippen molar-refractivity contribution in [3.8, 4) is 0 Å². The van der Waals surface area contributed by atoms with Gasteiger partial charge in [0.05, 0.1) is 36.1 Å². The molecule has 0 aromatic rings. The molecule has 3 saturated carbocycles. The van der Waals surface area contributed by atoms with Gasteiger partial charge >= 0.3 is 0 Å². The fourth-order valence-corrected chi connectivity index (χ4v) is 7.54. The number of azide groups is 1. The topological polar surface area (TPSA) is 139 Å². The number of nitrogens with zero attached hydrogens (tertiary/aromatic N) is 3. The van der Waals surface area contributed by atoms with Crippen molar-refractivity contribution in [2.24, 2.45) is 21.9 Å². The first-order valence-corrected chi connectivity index (χ1v) is 10.4. The van der Waals surface area contributed by atoms with Gasteiger partial charge in [0.25, 0.3) is 0 Å². The Hall–Kier alpha value is -1.15. The molecular weight excluding hydrogens is 362 g/mol. The summed E-state index contributed by atoms with van der Waals surface area (Å²) in [5.41, 5.74) is 7.28. The van der Waals surface area contributed by atoms with E-state index in [4.69, 9.17) is 10.3 Å². The Morgan fingerprint density at radius 2 is 2.00 bits per heavy atom. The molecule has 0 aromatic carbocycles. The van der Waals surface area contributed by atoms with Gasteiger partial charge in [0.2, 0.25) is 0 Å². The highest BCUT2D eigenvalue weighted by molar-refractivity contribution is 5.40. The Bertz CT molecular complexity index is 784. The summed E-state index contributed by atoms with van der Waals surface area (Å²) in [6.07, 6.45) is 4.04. The Labute approximate surface area is 163 Å². The van der Waals surface area contributed by atoms with Gasteiger partial charge < -0.3 is 25.2 Å². The van der Waals surface area contributed by atoms with Crippen LogP contribution in [0.5, 0.6) is 0 Å². The monoisotopic (exact) mass is 391 g/mol. The van der Waals surface area contributed by atoms with E-state index in [0.29, 0.717) is 24.8 Å². The van der Waals surface area contributed by atoms with E-state index in [-0.39, 0.29) is 24.0 Å². The van der Waals surface area contributed by atoms with Crippen LogP contribution in [0, 0.1) is 16.7 Å². The minimum atomic E-state index is -1.18. The third kappa shape index (κ3) is 1.96. The molecule has 1 saturated heterocycles. The zero-order valence-corrected chi connectivity index (χ0v) is 16.2. The maximum atomic E-state index is 10.9. The average molecular weight is 391 g/mol. The fourth-order valence-electron chi connectivity index (χ4n) is 7.54. The SMILES string of the molecule is C[C@]12CC[C@@]3(CO)C=C4[C@@H](O)[C@H](O)[C@@H](N=[N+]=[N-])C[C@]45CC[C@]3(O5)[C@@H]1CC[C@@H]2O. The molecule has 5 rings (SSSR count). The second-order valence-corrected chi connectivity index (χ2v) is 9.96. The number of hydrogen-bond acceptors (Lipinski definition) is 6. The number of rotatable bonds is 2. The zero-order valence-electron chi connectivity index (χ0n) is 16.2. The van der Waals surface area contributed by atoms with Crippen LogP contribution in [-0.2, 0) is 4.74 Å². The first-order chi connectivity index (χ1) is 13.3. The van der Waals surface area contributed by atoms with Crippen LogP contribution in [0.2, 0.25) is 0 Å². The summed E-state index contributed by atoms with van der Waals surface area (Å²) in [5.74, 6) is 0.120. The lowest BCUT2D eigenvalue weighted by Crippen LogP contribution is -2.67. The largest absolute Gasteiger partial charge is 0.395 e. The van der Waals surface area contributed by atoms with E-state index < -0.39 is 34.9 Å². The van der Waals surface area contributed by atoms with Crippen molar-refractivity contribution in [1.29, 1.82) is 0 Å². The zero-order chi connectivity index (χ0) is 19.9. The Balaban J connectivity index is 1.66. The summed E-state index contributed by atoms with van der Waals surface area (Å²) in [6, 6.07) is -0.752. The van der Waals surface area contributed by atoms with Crippen molar-refractivity contribution in [3.05, 3.63) is 22.1 Å². The summed E-state index contributed by atoms with van der Waals surface area (Å²) in [4.78, 5) is 2.85. The molecule has 2 bridgehead atoms. The molecule has 8 nitrogen and oxygen atoms in total. The fraction of sp³-hybridized carbons (Fsp3) is 0.900. The van der Waals surface area contributed by atoms with Crippen LogP contribution < -0.4 is 0 Å². The number of fused-ring (bicyclic) bond motifs is 1. The normalized spacial score (nSPS) is 56.9. The van der Waals surface area contributed by atoms with E-state index in [1.165, 1.54) is 0 Å². The lowest BCUT2D eigenvalue weighted by molar-refractivity contribution is -0.250. The molecule has 4 N–H and O–H groups in total. The quantitative estimate of drug-likeness (QED) is 0.245. The molecule has 3 aliphatic carbocycles. The highest BCUT2D eigenvalue weighted by Crippen LogP contribution is 2.71. The minimum Gasteiger partial charge on any atom is -0.395 e. The highest BCUT2D eigenvalue weighted by atomic mass is 16.5. The minimum absolute atomic E-state index is 0.0855. The second-order valence-electron chi connectivity index (χ2n) is 9.96. The molecular formula is C20H29N3O5. The molecule has 2 aliphatic heterocycles. The predicted octanol–water partition coefficient (Wildman–Crippen LogP) is 1.57. The molecule has 9 atom stereocenters. The molecule has 5 aliphatic rings. The molecule has 0 aromatic heterocycles. The van der Waals surface area contributed by atoms with Gasteiger partial charge in [-0.1, -0.05) is 18.1 Å². The van der Waals surface area contributed by atoms with E-state index >= 15 is 0 Å². The molecule has 28 heavy (non-hydrogen) atoms. The van der Waals surface area contributed by atoms with E-state index in [1.807, 2.05) is 6.08 Å².